The molecule has 28 heavy (non-hydrogen) atoms. The Hall–Kier alpha value is -2.86. The summed E-state index contributed by atoms with van der Waals surface area (Å²) in [5.74, 6) is -0.896. The van der Waals surface area contributed by atoms with Crippen LogP contribution < -0.4 is 11.1 Å². The van der Waals surface area contributed by atoms with Crippen LogP contribution in [0.5, 0.6) is 0 Å². The highest BCUT2D eigenvalue weighted by atomic mass is 79.9. The monoisotopic (exact) mass is 445 g/mol. The molecule has 2 aromatic rings. The lowest BCUT2D eigenvalue weighted by Gasteiger charge is -2.26. The van der Waals surface area contributed by atoms with E-state index in [1.54, 1.807) is 29.1 Å². The van der Waals surface area contributed by atoms with E-state index in [1.807, 2.05) is 0 Å². The number of rotatable bonds is 5. The summed E-state index contributed by atoms with van der Waals surface area (Å²) in [6.45, 7) is 0. The van der Waals surface area contributed by atoms with E-state index in [2.05, 4.69) is 32.4 Å². The summed E-state index contributed by atoms with van der Waals surface area (Å²) in [5, 5.41) is 17.0. The van der Waals surface area contributed by atoms with Crippen LogP contribution >= 0.6 is 15.9 Å². The quantitative estimate of drug-likeness (QED) is 0.678. The molecular formula is C19H20BrN5O3. The lowest BCUT2D eigenvalue weighted by Crippen LogP contribution is -2.22. The Bertz CT molecular complexity index is 950. The Kier molecular flexibility index (Phi) is 5.99. The smallest absolute Gasteiger partial charge is 0.339 e. The molecule has 0 spiro atoms. The van der Waals surface area contributed by atoms with E-state index in [9.17, 15) is 14.9 Å². The first-order valence-corrected chi connectivity index (χ1v) is 9.67. The van der Waals surface area contributed by atoms with Crippen molar-refractivity contribution in [2.45, 2.75) is 31.7 Å². The summed E-state index contributed by atoms with van der Waals surface area (Å²) < 4.78 is 6.94. The van der Waals surface area contributed by atoms with Gasteiger partial charge >= 0.3 is 5.97 Å². The first kappa shape index (κ1) is 19.9. The van der Waals surface area contributed by atoms with E-state index >= 15 is 0 Å². The van der Waals surface area contributed by atoms with Crippen LogP contribution in [0, 0.1) is 17.2 Å². The number of methoxy groups -OCH3 is 1. The van der Waals surface area contributed by atoms with Crippen LogP contribution in [-0.2, 0) is 4.74 Å². The third-order valence-electron chi connectivity index (χ3n) is 4.87. The maximum absolute atomic E-state index is 11.9. The maximum Gasteiger partial charge on any atom is 0.339 e. The second kappa shape index (κ2) is 8.44. The topological polar surface area (TPSA) is 123 Å². The minimum absolute atomic E-state index is 0.0826. The van der Waals surface area contributed by atoms with Gasteiger partial charge in [0.05, 0.1) is 30.7 Å². The van der Waals surface area contributed by atoms with Crippen molar-refractivity contribution in [3.05, 3.63) is 40.0 Å². The normalized spacial score (nSPS) is 18.9. The molecule has 0 bridgehead atoms. The molecule has 1 aliphatic rings. The van der Waals surface area contributed by atoms with Crippen molar-refractivity contribution in [2.75, 3.05) is 12.4 Å². The Balaban J connectivity index is 1.91. The fraction of sp³-hybridized carbons (Fsp3) is 0.368. The van der Waals surface area contributed by atoms with Crippen LogP contribution in [-0.4, -0.2) is 28.8 Å². The molecule has 0 radical (unpaired) electrons. The van der Waals surface area contributed by atoms with E-state index < -0.39 is 11.9 Å². The molecule has 2 atom stereocenters. The van der Waals surface area contributed by atoms with Gasteiger partial charge in [0.15, 0.2) is 5.82 Å². The highest BCUT2D eigenvalue weighted by molar-refractivity contribution is 9.10. The van der Waals surface area contributed by atoms with Gasteiger partial charge in [-0.05, 0) is 47.0 Å². The first-order valence-electron chi connectivity index (χ1n) is 8.88. The number of nitriles is 1. The van der Waals surface area contributed by atoms with E-state index in [0.717, 1.165) is 25.7 Å². The number of nitrogens with zero attached hydrogens (tertiary/aromatic N) is 3. The molecular weight excluding hydrogens is 426 g/mol. The third kappa shape index (κ3) is 4.02. The molecule has 1 unspecified atom stereocenters. The van der Waals surface area contributed by atoms with Crippen molar-refractivity contribution in [3.8, 4) is 6.07 Å². The van der Waals surface area contributed by atoms with Gasteiger partial charge in [0.25, 0.3) is 5.91 Å². The molecule has 1 aromatic carbocycles. The second-order valence-corrected chi connectivity index (χ2v) is 7.49. The average molecular weight is 446 g/mol. The number of ether oxygens (including phenoxy) is 1. The van der Waals surface area contributed by atoms with Gasteiger partial charge < -0.3 is 15.8 Å². The van der Waals surface area contributed by atoms with Crippen molar-refractivity contribution in [3.63, 3.8) is 0 Å². The van der Waals surface area contributed by atoms with Gasteiger partial charge in [-0.25, -0.2) is 4.79 Å². The molecule has 1 aromatic heterocycles. The standard InChI is InChI=1S/C19H20BrN5O3/c1-28-19(27)13-7-6-12(8-15(13)20)23-18-14(17(22)26)10-25(24-18)16-5-3-2-4-11(16)9-21/h6-8,10-11,16H,2-5H2,1H3,(H2,22,26)(H,23,24)/t11-,16?/m1/s1. The number of benzene rings is 1. The molecule has 9 heteroatoms. The zero-order chi connectivity index (χ0) is 20.3. The van der Waals surface area contributed by atoms with Crippen LogP contribution in [0.25, 0.3) is 0 Å². The maximum atomic E-state index is 11.9. The average Bonchev–Trinajstić information content (AvgIpc) is 3.11. The molecule has 0 aliphatic heterocycles. The van der Waals surface area contributed by atoms with Crippen LogP contribution in [0.4, 0.5) is 11.5 Å². The van der Waals surface area contributed by atoms with Crippen molar-refractivity contribution in [2.24, 2.45) is 11.7 Å². The number of nitrogens with two attached hydrogens (primary N) is 1. The minimum Gasteiger partial charge on any atom is -0.465 e. The number of amides is 1. The number of anilines is 2. The Morgan fingerprint density at radius 2 is 2.11 bits per heavy atom. The summed E-state index contributed by atoms with van der Waals surface area (Å²) in [7, 11) is 1.31. The van der Waals surface area contributed by atoms with Gasteiger partial charge in [-0.1, -0.05) is 12.8 Å². The van der Waals surface area contributed by atoms with E-state index in [-0.39, 0.29) is 17.5 Å². The lowest BCUT2D eigenvalue weighted by molar-refractivity contribution is 0.0599. The fourth-order valence-corrected chi connectivity index (χ4v) is 3.96. The van der Waals surface area contributed by atoms with E-state index in [4.69, 9.17) is 10.5 Å². The number of halogens is 1. The van der Waals surface area contributed by atoms with Gasteiger partial charge in [-0.3, -0.25) is 9.48 Å². The van der Waals surface area contributed by atoms with Crippen LogP contribution in [0.3, 0.4) is 0 Å². The summed E-state index contributed by atoms with van der Waals surface area (Å²) in [5.41, 5.74) is 6.77. The van der Waals surface area contributed by atoms with E-state index in [0.29, 0.717) is 21.5 Å². The molecule has 146 valence electrons. The Morgan fingerprint density at radius 1 is 1.36 bits per heavy atom. The Morgan fingerprint density at radius 3 is 2.75 bits per heavy atom. The van der Waals surface area contributed by atoms with Crippen molar-refractivity contribution in [1.29, 1.82) is 5.26 Å². The summed E-state index contributed by atoms with van der Waals surface area (Å²) >= 11 is 3.34. The van der Waals surface area contributed by atoms with Gasteiger partial charge in [-0.2, -0.15) is 10.4 Å². The Labute approximate surface area is 170 Å². The molecule has 3 rings (SSSR count). The van der Waals surface area contributed by atoms with Crippen molar-refractivity contribution < 1.29 is 14.3 Å². The van der Waals surface area contributed by atoms with Crippen LogP contribution in [0.2, 0.25) is 0 Å². The molecule has 8 nitrogen and oxygen atoms in total. The molecule has 1 aliphatic carbocycles. The van der Waals surface area contributed by atoms with Gasteiger partial charge in [0.1, 0.15) is 5.56 Å². The third-order valence-corrected chi connectivity index (χ3v) is 5.53. The van der Waals surface area contributed by atoms with E-state index in [1.165, 1.54) is 7.11 Å². The number of hydrogen-bond donors (Lipinski definition) is 2. The second-order valence-electron chi connectivity index (χ2n) is 6.63. The molecule has 0 saturated heterocycles. The molecule has 3 N–H and O–H groups in total. The minimum atomic E-state index is -0.608. The summed E-state index contributed by atoms with van der Waals surface area (Å²) in [6, 6.07) is 7.23. The molecule has 1 saturated carbocycles. The number of esters is 1. The number of primary amides is 1. The van der Waals surface area contributed by atoms with Gasteiger partial charge in [0, 0.05) is 16.4 Å². The molecule has 1 heterocycles. The zero-order valence-corrected chi connectivity index (χ0v) is 16.9. The predicted molar refractivity (Wildman–Crippen MR) is 106 cm³/mol. The lowest BCUT2D eigenvalue weighted by atomic mass is 9.85. The van der Waals surface area contributed by atoms with Gasteiger partial charge in [0.2, 0.25) is 0 Å². The zero-order valence-electron chi connectivity index (χ0n) is 15.3. The first-order chi connectivity index (χ1) is 13.4. The largest absolute Gasteiger partial charge is 0.465 e. The number of aromatic nitrogens is 2. The molecule has 1 fully saturated rings. The van der Waals surface area contributed by atoms with Crippen LogP contribution in [0.15, 0.2) is 28.9 Å². The molecule has 1 amide bonds. The summed E-state index contributed by atoms with van der Waals surface area (Å²) in [4.78, 5) is 23.6. The number of carbonyl (C=O) groups excluding carboxylic acids is 2. The van der Waals surface area contributed by atoms with Crippen molar-refractivity contribution >= 4 is 39.3 Å². The van der Waals surface area contributed by atoms with Gasteiger partial charge in [-0.15, -0.1) is 0 Å². The number of carbonyl (C=O) groups is 2. The number of hydrogen-bond acceptors (Lipinski definition) is 6. The van der Waals surface area contributed by atoms with Crippen molar-refractivity contribution in [1.82, 2.24) is 9.78 Å². The highest BCUT2D eigenvalue weighted by Crippen LogP contribution is 2.34. The summed E-state index contributed by atoms with van der Waals surface area (Å²) in [6.07, 6.45) is 5.28. The number of nitrogens with one attached hydrogen (secondary N) is 1. The SMILES string of the molecule is COC(=O)c1ccc(Nc2nn(C3CCCC[C@@H]3C#N)cc2C(N)=O)cc1Br. The predicted octanol–water partition coefficient (Wildman–Crippen LogP) is 3.53. The van der Waals surface area contributed by atoms with Crippen LogP contribution in [0.1, 0.15) is 52.4 Å². The fourth-order valence-electron chi connectivity index (χ4n) is 3.42. The highest BCUT2D eigenvalue weighted by Gasteiger charge is 2.29.